The van der Waals surface area contributed by atoms with Crippen LogP contribution in [0.3, 0.4) is 0 Å². The van der Waals surface area contributed by atoms with Crippen LogP contribution in [0.5, 0.6) is 0 Å². The standard InChI is InChI=1S/C17H27N3O3S/c1-10-8-12(19-15(23)16(2,3)4)24-13(10)14(22)18-9-11(21)20-17(5,6)7/h8H,9H2,1-7H3,(H,18,22)(H,19,23)(H,20,21). The van der Waals surface area contributed by atoms with Crippen molar-refractivity contribution in [3.05, 3.63) is 16.5 Å². The van der Waals surface area contributed by atoms with E-state index in [9.17, 15) is 14.4 Å². The molecule has 0 unspecified atom stereocenters. The molecule has 1 rings (SSSR count). The average molecular weight is 353 g/mol. The van der Waals surface area contributed by atoms with Gasteiger partial charge in [-0.2, -0.15) is 0 Å². The van der Waals surface area contributed by atoms with Gasteiger partial charge in [-0.1, -0.05) is 20.8 Å². The lowest BCUT2D eigenvalue weighted by atomic mass is 9.96. The van der Waals surface area contributed by atoms with Crippen LogP contribution in [0.15, 0.2) is 6.07 Å². The van der Waals surface area contributed by atoms with Crippen molar-refractivity contribution >= 4 is 34.1 Å². The summed E-state index contributed by atoms with van der Waals surface area (Å²) in [5.74, 6) is -0.676. The molecule has 3 amide bonds. The Morgan fingerprint density at radius 2 is 1.67 bits per heavy atom. The second-order valence-electron chi connectivity index (χ2n) is 7.81. The highest BCUT2D eigenvalue weighted by atomic mass is 32.1. The maximum Gasteiger partial charge on any atom is 0.262 e. The van der Waals surface area contributed by atoms with Gasteiger partial charge in [-0.25, -0.2) is 0 Å². The lowest BCUT2D eigenvalue weighted by molar-refractivity contribution is -0.123. The Kier molecular flexibility index (Phi) is 6.16. The monoisotopic (exact) mass is 353 g/mol. The summed E-state index contributed by atoms with van der Waals surface area (Å²) in [6.45, 7) is 12.8. The highest BCUT2D eigenvalue weighted by Crippen LogP contribution is 2.28. The number of rotatable bonds is 4. The van der Waals surface area contributed by atoms with E-state index in [-0.39, 0.29) is 29.8 Å². The lowest BCUT2D eigenvalue weighted by Crippen LogP contribution is -2.45. The van der Waals surface area contributed by atoms with Gasteiger partial charge in [-0.3, -0.25) is 14.4 Å². The summed E-state index contributed by atoms with van der Waals surface area (Å²) in [4.78, 5) is 36.5. The molecule has 24 heavy (non-hydrogen) atoms. The van der Waals surface area contributed by atoms with Gasteiger partial charge < -0.3 is 16.0 Å². The van der Waals surface area contributed by atoms with Crippen molar-refractivity contribution in [2.45, 2.75) is 54.0 Å². The van der Waals surface area contributed by atoms with E-state index in [1.54, 1.807) is 13.0 Å². The highest BCUT2D eigenvalue weighted by molar-refractivity contribution is 7.18. The molecule has 1 aromatic heterocycles. The Labute approximate surface area is 147 Å². The summed E-state index contributed by atoms with van der Waals surface area (Å²) in [6.07, 6.45) is 0. The number of hydrogen-bond donors (Lipinski definition) is 3. The van der Waals surface area contributed by atoms with Crippen LogP contribution in [-0.4, -0.2) is 29.8 Å². The molecule has 0 saturated heterocycles. The molecular weight excluding hydrogens is 326 g/mol. The third-order valence-electron chi connectivity index (χ3n) is 2.97. The zero-order valence-corrected chi connectivity index (χ0v) is 16.2. The molecule has 1 heterocycles. The second-order valence-corrected chi connectivity index (χ2v) is 8.86. The molecular formula is C17H27N3O3S. The summed E-state index contributed by atoms with van der Waals surface area (Å²) in [5.41, 5.74) is -0.0888. The molecule has 134 valence electrons. The van der Waals surface area contributed by atoms with Gasteiger partial charge in [0, 0.05) is 11.0 Å². The van der Waals surface area contributed by atoms with Gasteiger partial charge >= 0.3 is 0 Å². The van der Waals surface area contributed by atoms with E-state index in [2.05, 4.69) is 16.0 Å². The first-order valence-electron chi connectivity index (χ1n) is 7.81. The fourth-order valence-corrected chi connectivity index (χ4v) is 2.76. The molecule has 0 atom stereocenters. The van der Waals surface area contributed by atoms with E-state index in [4.69, 9.17) is 0 Å². The number of carbonyl (C=O) groups is 3. The second kappa shape index (κ2) is 7.34. The van der Waals surface area contributed by atoms with Gasteiger partial charge in [-0.15, -0.1) is 11.3 Å². The van der Waals surface area contributed by atoms with Gasteiger partial charge in [0.2, 0.25) is 11.8 Å². The van der Waals surface area contributed by atoms with Crippen molar-refractivity contribution in [3.8, 4) is 0 Å². The maximum absolute atomic E-state index is 12.2. The molecule has 0 aliphatic carbocycles. The normalized spacial score (nSPS) is 11.8. The molecule has 0 aromatic carbocycles. The van der Waals surface area contributed by atoms with Gasteiger partial charge in [0.15, 0.2) is 0 Å². The number of carbonyl (C=O) groups excluding carboxylic acids is 3. The molecule has 6 nitrogen and oxygen atoms in total. The zero-order valence-electron chi connectivity index (χ0n) is 15.4. The van der Waals surface area contributed by atoms with Crippen LogP contribution < -0.4 is 16.0 Å². The minimum atomic E-state index is -0.509. The summed E-state index contributed by atoms with van der Waals surface area (Å²) >= 11 is 1.20. The van der Waals surface area contributed by atoms with Crippen molar-refractivity contribution in [1.82, 2.24) is 10.6 Å². The van der Waals surface area contributed by atoms with Crippen molar-refractivity contribution in [1.29, 1.82) is 0 Å². The average Bonchev–Trinajstić information content (AvgIpc) is 2.73. The first-order chi connectivity index (χ1) is 10.8. The van der Waals surface area contributed by atoms with Crippen molar-refractivity contribution < 1.29 is 14.4 Å². The van der Waals surface area contributed by atoms with E-state index in [0.717, 1.165) is 5.56 Å². The summed E-state index contributed by atoms with van der Waals surface area (Å²) in [5, 5.41) is 8.82. The van der Waals surface area contributed by atoms with E-state index in [1.165, 1.54) is 11.3 Å². The maximum atomic E-state index is 12.2. The van der Waals surface area contributed by atoms with E-state index in [0.29, 0.717) is 9.88 Å². The number of anilines is 1. The summed E-state index contributed by atoms with van der Waals surface area (Å²) in [6, 6.07) is 1.76. The van der Waals surface area contributed by atoms with Crippen LogP contribution in [0, 0.1) is 12.3 Å². The first-order valence-corrected chi connectivity index (χ1v) is 8.62. The lowest BCUT2D eigenvalue weighted by Gasteiger charge is -2.20. The van der Waals surface area contributed by atoms with Crippen LogP contribution in [0.1, 0.15) is 56.8 Å². The van der Waals surface area contributed by atoms with E-state index < -0.39 is 5.41 Å². The van der Waals surface area contributed by atoms with Gasteiger partial charge in [0.25, 0.3) is 5.91 Å². The summed E-state index contributed by atoms with van der Waals surface area (Å²) < 4.78 is 0. The fraction of sp³-hybridized carbons (Fsp3) is 0.588. The van der Waals surface area contributed by atoms with Crippen LogP contribution >= 0.6 is 11.3 Å². The molecule has 3 N–H and O–H groups in total. The number of hydrogen-bond acceptors (Lipinski definition) is 4. The van der Waals surface area contributed by atoms with Crippen molar-refractivity contribution in [2.75, 3.05) is 11.9 Å². The molecule has 0 saturated carbocycles. The number of thiophene rings is 1. The Morgan fingerprint density at radius 1 is 1.08 bits per heavy atom. The predicted molar refractivity (Wildman–Crippen MR) is 97.4 cm³/mol. The van der Waals surface area contributed by atoms with Gasteiger partial charge in [0.05, 0.1) is 16.4 Å². The molecule has 0 aliphatic heterocycles. The Balaban J connectivity index is 2.69. The van der Waals surface area contributed by atoms with Crippen molar-refractivity contribution in [3.63, 3.8) is 0 Å². The largest absolute Gasteiger partial charge is 0.350 e. The minimum absolute atomic E-state index is 0.0862. The summed E-state index contributed by atoms with van der Waals surface area (Å²) in [7, 11) is 0. The minimum Gasteiger partial charge on any atom is -0.350 e. The van der Waals surface area contributed by atoms with Crippen LogP contribution in [0.25, 0.3) is 0 Å². The van der Waals surface area contributed by atoms with E-state index >= 15 is 0 Å². The smallest absolute Gasteiger partial charge is 0.262 e. The van der Waals surface area contributed by atoms with Crippen LogP contribution in [-0.2, 0) is 9.59 Å². The quantitative estimate of drug-likeness (QED) is 0.778. The molecule has 0 aliphatic rings. The molecule has 0 fully saturated rings. The predicted octanol–water partition coefficient (Wildman–Crippen LogP) is 2.69. The Hall–Kier alpha value is -1.89. The molecule has 0 bridgehead atoms. The zero-order chi connectivity index (χ0) is 18.7. The van der Waals surface area contributed by atoms with Crippen LogP contribution in [0.4, 0.5) is 5.00 Å². The molecule has 1 aromatic rings. The SMILES string of the molecule is Cc1cc(NC(=O)C(C)(C)C)sc1C(=O)NCC(=O)NC(C)(C)C. The molecule has 0 spiro atoms. The Bertz CT molecular complexity index is 636. The third kappa shape index (κ3) is 6.31. The van der Waals surface area contributed by atoms with Crippen molar-refractivity contribution in [2.24, 2.45) is 5.41 Å². The van der Waals surface area contributed by atoms with E-state index in [1.807, 2.05) is 41.5 Å². The Morgan fingerprint density at radius 3 is 2.17 bits per heavy atom. The third-order valence-corrected chi connectivity index (χ3v) is 4.12. The van der Waals surface area contributed by atoms with Crippen LogP contribution in [0.2, 0.25) is 0 Å². The number of nitrogens with one attached hydrogen (secondary N) is 3. The topological polar surface area (TPSA) is 87.3 Å². The molecule has 0 radical (unpaired) electrons. The van der Waals surface area contributed by atoms with Gasteiger partial charge in [0.1, 0.15) is 0 Å². The highest BCUT2D eigenvalue weighted by Gasteiger charge is 2.23. The molecule has 7 heteroatoms. The first kappa shape index (κ1) is 20.2. The number of aryl methyl sites for hydroxylation is 1. The fourth-order valence-electron chi connectivity index (χ4n) is 1.77. The number of amides is 3. The van der Waals surface area contributed by atoms with Gasteiger partial charge in [-0.05, 0) is 39.3 Å².